The second-order valence-electron chi connectivity index (χ2n) is 4.71. The summed E-state index contributed by atoms with van der Waals surface area (Å²) in [4.78, 5) is 4.23. The lowest BCUT2D eigenvalue weighted by atomic mass is 10.0. The van der Waals surface area contributed by atoms with Gasteiger partial charge in [0.05, 0.1) is 0 Å². The first-order valence-electron chi connectivity index (χ1n) is 6.37. The van der Waals surface area contributed by atoms with Gasteiger partial charge in [-0.25, -0.2) is 4.98 Å². The molecule has 1 fully saturated rings. The molecule has 0 bridgehead atoms. The molecule has 0 spiro atoms. The van der Waals surface area contributed by atoms with Crippen molar-refractivity contribution in [2.24, 2.45) is 13.0 Å². The molecule has 0 aromatic carbocycles. The summed E-state index contributed by atoms with van der Waals surface area (Å²) in [5, 5.41) is 7.74. The first kappa shape index (κ1) is 11.6. The molecule has 4 heteroatoms. The van der Waals surface area contributed by atoms with Crippen LogP contribution in [0.5, 0.6) is 0 Å². The van der Waals surface area contributed by atoms with Gasteiger partial charge in [-0.2, -0.15) is 5.10 Å². The number of hydrogen-bond donors (Lipinski definition) is 1. The Kier molecular flexibility index (Phi) is 3.93. The second kappa shape index (κ2) is 5.43. The van der Waals surface area contributed by atoms with E-state index in [1.807, 2.05) is 11.7 Å². The molecule has 2 rings (SSSR count). The van der Waals surface area contributed by atoms with Crippen LogP contribution in [-0.4, -0.2) is 27.4 Å². The molecule has 0 saturated heterocycles. The molecule has 90 valence electrons. The molecule has 0 amide bonds. The normalized spacial score (nSPS) is 25.1. The molecule has 0 radical (unpaired) electrons. The van der Waals surface area contributed by atoms with Gasteiger partial charge in [0.2, 0.25) is 0 Å². The maximum Gasteiger partial charge on any atom is 0.138 e. The number of aryl methyl sites for hydroxylation is 1. The summed E-state index contributed by atoms with van der Waals surface area (Å²) in [6, 6.07) is 0.734. The molecule has 4 nitrogen and oxygen atoms in total. The van der Waals surface area contributed by atoms with Crippen molar-refractivity contribution in [2.75, 3.05) is 6.54 Å². The largest absolute Gasteiger partial charge is 0.313 e. The number of aromatic nitrogens is 3. The molecule has 1 aliphatic rings. The monoisotopic (exact) mass is 222 g/mol. The fourth-order valence-electron chi connectivity index (χ4n) is 2.71. The summed E-state index contributed by atoms with van der Waals surface area (Å²) < 4.78 is 1.85. The van der Waals surface area contributed by atoms with Gasteiger partial charge in [0.15, 0.2) is 0 Å². The SMILES string of the molecule is CCC1CCCC1NCCc1ncnn1C. The van der Waals surface area contributed by atoms with Crippen molar-refractivity contribution in [3.8, 4) is 0 Å². The highest BCUT2D eigenvalue weighted by Crippen LogP contribution is 2.27. The Balaban J connectivity index is 1.74. The van der Waals surface area contributed by atoms with E-state index in [0.29, 0.717) is 0 Å². The molecule has 2 unspecified atom stereocenters. The first-order valence-corrected chi connectivity index (χ1v) is 6.37. The molecule has 0 aliphatic heterocycles. The number of nitrogens with zero attached hydrogens (tertiary/aromatic N) is 3. The van der Waals surface area contributed by atoms with Crippen LogP contribution in [0.4, 0.5) is 0 Å². The molecule has 1 aromatic heterocycles. The maximum absolute atomic E-state index is 4.23. The van der Waals surface area contributed by atoms with Crippen molar-refractivity contribution in [3.63, 3.8) is 0 Å². The van der Waals surface area contributed by atoms with Gasteiger partial charge in [0, 0.05) is 26.1 Å². The van der Waals surface area contributed by atoms with E-state index >= 15 is 0 Å². The zero-order valence-corrected chi connectivity index (χ0v) is 10.3. The standard InChI is InChI=1S/C12H22N4/c1-3-10-5-4-6-11(10)13-8-7-12-14-9-15-16(12)2/h9-11,13H,3-8H2,1-2H3. The van der Waals surface area contributed by atoms with Gasteiger partial charge in [-0.05, 0) is 18.8 Å². The Morgan fingerprint density at radius 3 is 3.06 bits per heavy atom. The van der Waals surface area contributed by atoms with Crippen LogP contribution in [0.3, 0.4) is 0 Å². The van der Waals surface area contributed by atoms with Gasteiger partial charge in [-0.15, -0.1) is 0 Å². The average molecular weight is 222 g/mol. The third kappa shape index (κ3) is 2.61. The van der Waals surface area contributed by atoms with Crippen LogP contribution in [0.2, 0.25) is 0 Å². The number of nitrogens with one attached hydrogen (secondary N) is 1. The number of hydrogen-bond acceptors (Lipinski definition) is 3. The first-order chi connectivity index (χ1) is 7.81. The van der Waals surface area contributed by atoms with E-state index in [1.165, 1.54) is 25.7 Å². The molecule has 2 atom stereocenters. The van der Waals surface area contributed by atoms with Crippen LogP contribution in [0.25, 0.3) is 0 Å². The van der Waals surface area contributed by atoms with E-state index in [0.717, 1.165) is 30.7 Å². The lowest BCUT2D eigenvalue weighted by Gasteiger charge is -2.19. The van der Waals surface area contributed by atoms with Crippen molar-refractivity contribution in [1.82, 2.24) is 20.1 Å². The van der Waals surface area contributed by atoms with Gasteiger partial charge in [0.1, 0.15) is 12.2 Å². The zero-order chi connectivity index (χ0) is 11.4. The Bertz CT molecular complexity index is 321. The van der Waals surface area contributed by atoms with E-state index in [2.05, 4.69) is 22.3 Å². The Morgan fingerprint density at radius 2 is 2.38 bits per heavy atom. The molecule has 1 saturated carbocycles. The van der Waals surface area contributed by atoms with Crippen LogP contribution in [0.1, 0.15) is 38.4 Å². The molecule has 1 aliphatic carbocycles. The average Bonchev–Trinajstić information content (AvgIpc) is 2.88. The Hall–Kier alpha value is -0.900. The summed E-state index contributed by atoms with van der Waals surface area (Å²) in [6.45, 7) is 3.32. The highest BCUT2D eigenvalue weighted by atomic mass is 15.3. The van der Waals surface area contributed by atoms with E-state index in [9.17, 15) is 0 Å². The quantitative estimate of drug-likeness (QED) is 0.821. The van der Waals surface area contributed by atoms with Crippen LogP contribution >= 0.6 is 0 Å². The highest BCUT2D eigenvalue weighted by molar-refractivity contribution is 4.87. The smallest absolute Gasteiger partial charge is 0.138 e. The van der Waals surface area contributed by atoms with E-state index in [4.69, 9.17) is 0 Å². The van der Waals surface area contributed by atoms with Crippen molar-refractivity contribution in [2.45, 2.75) is 45.1 Å². The molecule has 1 heterocycles. The molecule has 1 N–H and O–H groups in total. The van der Waals surface area contributed by atoms with Crippen LogP contribution in [0, 0.1) is 5.92 Å². The molecule has 16 heavy (non-hydrogen) atoms. The lowest BCUT2D eigenvalue weighted by Crippen LogP contribution is -2.33. The van der Waals surface area contributed by atoms with E-state index in [1.54, 1.807) is 6.33 Å². The van der Waals surface area contributed by atoms with Crippen molar-refractivity contribution in [1.29, 1.82) is 0 Å². The van der Waals surface area contributed by atoms with Gasteiger partial charge in [-0.1, -0.05) is 19.8 Å². The van der Waals surface area contributed by atoms with Crippen molar-refractivity contribution >= 4 is 0 Å². The third-order valence-electron chi connectivity index (χ3n) is 3.74. The highest BCUT2D eigenvalue weighted by Gasteiger charge is 2.24. The minimum atomic E-state index is 0.734. The predicted molar refractivity (Wildman–Crippen MR) is 64.1 cm³/mol. The van der Waals surface area contributed by atoms with E-state index < -0.39 is 0 Å². The summed E-state index contributed by atoms with van der Waals surface area (Å²) in [7, 11) is 1.95. The topological polar surface area (TPSA) is 42.7 Å². The molecule has 1 aromatic rings. The zero-order valence-electron chi connectivity index (χ0n) is 10.3. The van der Waals surface area contributed by atoms with Gasteiger partial charge >= 0.3 is 0 Å². The van der Waals surface area contributed by atoms with Crippen molar-refractivity contribution < 1.29 is 0 Å². The lowest BCUT2D eigenvalue weighted by molar-refractivity contribution is 0.391. The fourth-order valence-corrected chi connectivity index (χ4v) is 2.71. The second-order valence-corrected chi connectivity index (χ2v) is 4.71. The summed E-state index contributed by atoms with van der Waals surface area (Å²) >= 11 is 0. The summed E-state index contributed by atoms with van der Waals surface area (Å²) in [6.07, 6.45) is 8.04. The van der Waals surface area contributed by atoms with Gasteiger partial charge in [-0.3, -0.25) is 4.68 Å². The predicted octanol–water partition coefficient (Wildman–Crippen LogP) is 1.53. The fraction of sp³-hybridized carbons (Fsp3) is 0.833. The summed E-state index contributed by atoms with van der Waals surface area (Å²) in [5.41, 5.74) is 0. The maximum atomic E-state index is 4.23. The Labute approximate surface area is 97.5 Å². The Morgan fingerprint density at radius 1 is 1.50 bits per heavy atom. The van der Waals surface area contributed by atoms with Gasteiger partial charge < -0.3 is 5.32 Å². The summed E-state index contributed by atoms with van der Waals surface area (Å²) in [5.74, 6) is 1.96. The van der Waals surface area contributed by atoms with Crippen LogP contribution in [-0.2, 0) is 13.5 Å². The van der Waals surface area contributed by atoms with E-state index in [-0.39, 0.29) is 0 Å². The van der Waals surface area contributed by atoms with Gasteiger partial charge in [0.25, 0.3) is 0 Å². The minimum absolute atomic E-state index is 0.734. The van der Waals surface area contributed by atoms with Crippen LogP contribution in [0.15, 0.2) is 6.33 Å². The number of rotatable bonds is 5. The van der Waals surface area contributed by atoms with Crippen LogP contribution < -0.4 is 5.32 Å². The molecular formula is C12H22N4. The van der Waals surface area contributed by atoms with Crippen molar-refractivity contribution in [3.05, 3.63) is 12.2 Å². The third-order valence-corrected chi connectivity index (χ3v) is 3.74. The molecular weight excluding hydrogens is 200 g/mol. The minimum Gasteiger partial charge on any atom is -0.313 e.